The smallest absolute Gasteiger partial charge is 0.265 e. The van der Waals surface area contributed by atoms with Crippen LogP contribution in [0.25, 0.3) is 0 Å². The zero-order valence-corrected chi connectivity index (χ0v) is 11.0. The summed E-state index contributed by atoms with van der Waals surface area (Å²) in [6, 6.07) is 8.70. The maximum absolute atomic E-state index is 12.2. The molecule has 0 aliphatic carbocycles. The van der Waals surface area contributed by atoms with Gasteiger partial charge in [0.15, 0.2) is 6.10 Å². The number of carbonyl (C=O) groups is 2. The van der Waals surface area contributed by atoms with Crippen molar-refractivity contribution >= 4 is 28.7 Å². The number of carbonyl (C=O) groups excluding carboxylic acids is 2. The standard InChI is InChI=1S/C14H11NO3S/c1-8-14(17)15-10-7-9(4-5-11(10)18-8)13(16)12-3-2-6-19-12/h2-8H,1H3,(H,15,17). The molecular formula is C14H11NO3S. The van der Waals surface area contributed by atoms with Crippen LogP contribution < -0.4 is 10.1 Å². The number of fused-ring (bicyclic) bond motifs is 1. The SMILES string of the molecule is CC1Oc2ccc(C(=O)c3cccs3)cc2NC1=O. The van der Waals surface area contributed by atoms with Gasteiger partial charge < -0.3 is 10.1 Å². The first-order chi connectivity index (χ1) is 9.15. The number of hydrogen-bond donors (Lipinski definition) is 1. The molecule has 0 radical (unpaired) electrons. The Morgan fingerprint density at radius 3 is 2.95 bits per heavy atom. The Bertz CT molecular complexity index is 649. The van der Waals surface area contributed by atoms with Crippen LogP contribution in [-0.4, -0.2) is 17.8 Å². The maximum Gasteiger partial charge on any atom is 0.265 e. The zero-order valence-electron chi connectivity index (χ0n) is 10.2. The van der Waals surface area contributed by atoms with Crippen molar-refractivity contribution in [1.82, 2.24) is 0 Å². The molecule has 96 valence electrons. The molecule has 0 bridgehead atoms. The normalized spacial score (nSPS) is 17.3. The van der Waals surface area contributed by atoms with E-state index in [-0.39, 0.29) is 11.7 Å². The Labute approximate surface area is 114 Å². The fourth-order valence-electron chi connectivity index (χ4n) is 1.90. The number of ketones is 1. The molecule has 1 aliphatic heterocycles. The number of ether oxygens (including phenoxy) is 1. The van der Waals surface area contributed by atoms with Crippen molar-refractivity contribution in [2.45, 2.75) is 13.0 Å². The number of thiophene rings is 1. The van der Waals surface area contributed by atoms with Gasteiger partial charge in [-0.1, -0.05) is 6.07 Å². The minimum Gasteiger partial charge on any atom is -0.479 e. The second-order valence-electron chi connectivity index (χ2n) is 4.27. The van der Waals surface area contributed by atoms with Crippen LogP contribution in [0, 0.1) is 0 Å². The summed E-state index contributed by atoms with van der Waals surface area (Å²) in [5.41, 5.74) is 1.09. The predicted molar refractivity (Wildman–Crippen MR) is 72.9 cm³/mol. The average molecular weight is 273 g/mol. The van der Waals surface area contributed by atoms with Crippen LogP contribution in [0.5, 0.6) is 5.75 Å². The van der Waals surface area contributed by atoms with Gasteiger partial charge in [-0.2, -0.15) is 0 Å². The second-order valence-corrected chi connectivity index (χ2v) is 5.21. The number of nitrogens with one attached hydrogen (secondary N) is 1. The highest BCUT2D eigenvalue weighted by molar-refractivity contribution is 7.12. The van der Waals surface area contributed by atoms with E-state index < -0.39 is 6.10 Å². The van der Waals surface area contributed by atoms with E-state index in [1.165, 1.54) is 11.3 Å². The van der Waals surface area contributed by atoms with Gasteiger partial charge in [0.1, 0.15) is 5.75 Å². The number of hydrogen-bond acceptors (Lipinski definition) is 4. The van der Waals surface area contributed by atoms with Gasteiger partial charge in [0.05, 0.1) is 10.6 Å². The first-order valence-electron chi connectivity index (χ1n) is 5.85. The molecule has 0 saturated carbocycles. The Morgan fingerprint density at radius 1 is 1.37 bits per heavy atom. The molecule has 1 aliphatic rings. The first kappa shape index (κ1) is 11.9. The summed E-state index contributed by atoms with van der Waals surface area (Å²) in [5, 5.41) is 4.60. The molecule has 1 aromatic heterocycles. The topological polar surface area (TPSA) is 55.4 Å². The highest BCUT2D eigenvalue weighted by Crippen LogP contribution is 2.31. The van der Waals surface area contributed by atoms with Crippen LogP contribution >= 0.6 is 11.3 Å². The second kappa shape index (κ2) is 4.51. The fourth-order valence-corrected chi connectivity index (χ4v) is 2.59. The molecule has 2 heterocycles. The van der Waals surface area contributed by atoms with E-state index in [9.17, 15) is 9.59 Å². The van der Waals surface area contributed by atoms with Gasteiger partial charge in [0, 0.05) is 5.56 Å². The van der Waals surface area contributed by atoms with Crippen LogP contribution in [0.1, 0.15) is 22.2 Å². The van der Waals surface area contributed by atoms with Crippen LogP contribution in [-0.2, 0) is 4.79 Å². The lowest BCUT2D eigenvalue weighted by atomic mass is 10.1. The van der Waals surface area contributed by atoms with E-state index in [2.05, 4.69) is 5.32 Å². The number of rotatable bonds is 2. The van der Waals surface area contributed by atoms with Gasteiger partial charge in [-0.15, -0.1) is 11.3 Å². The molecular weight excluding hydrogens is 262 g/mol. The third-order valence-corrected chi connectivity index (χ3v) is 3.79. The van der Waals surface area contributed by atoms with Gasteiger partial charge in [0.2, 0.25) is 5.78 Å². The summed E-state index contributed by atoms with van der Waals surface area (Å²) in [6.07, 6.45) is -0.508. The lowest BCUT2D eigenvalue weighted by Crippen LogP contribution is -2.34. The predicted octanol–water partition coefficient (Wildman–Crippen LogP) is 2.70. The molecule has 3 rings (SSSR count). The van der Waals surface area contributed by atoms with Crippen molar-refractivity contribution in [3.63, 3.8) is 0 Å². The molecule has 2 aromatic rings. The molecule has 1 amide bonds. The van der Waals surface area contributed by atoms with Gasteiger partial charge in [-0.05, 0) is 36.6 Å². The van der Waals surface area contributed by atoms with Crippen molar-refractivity contribution < 1.29 is 14.3 Å². The van der Waals surface area contributed by atoms with E-state index in [0.717, 1.165) is 0 Å². The molecule has 4 nitrogen and oxygen atoms in total. The Morgan fingerprint density at radius 2 is 2.21 bits per heavy atom. The molecule has 5 heteroatoms. The van der Waals surface area contributed by atoms with Crippen molar-refractivity contribution in [2.75, 3.05) is 5.32 Å². The summed E-state index contributed by atoms with van der Waals surface area (Å²) < 4.78 is 5.45. The minimum atomic E-state index is -0.508. The molecule has 0 saturated heterocycles. The van der Waals surface area contributed by atoms with E-state index in [1.807, 2.05) is 11.4 Å². The highest BCUT2D eigenvalue weighted by atomic mass is 32.1. The largest absolute Gasteiger partial charge is 0.479 e. The third kappa shape index (κ3) is 2.13. The Hall–Kier alpha value is -2.14. The van der Waals surface area contributed by atoms with Crippen molar-refractivity contribution in [3.8, 4) is 5.75 Å². The van der Waals surface area contributed by atoms with Crippen molar-refractivity contribution in [1.29, 1.82) is 0 Å². The van der Waals surface area contributed by atoms with Gasteiger partial charge >= 0.3 is 0 Å². The van der Waals surface area contributed by atoms with Gasteiger partial charge in [0.25, 0.3) is 5.91 Å². The molecule has 0 fully saturated rings. The molecule has 19 heavy (non-hydrogen) atoms. The molecule has 0 spiro atoms. The monoisotopic (exact) mass is 273 g/mol. The first-order valence-corrected chi connectivity index (χ1v) is 6.73. The lowest BCUT2D eigenvalue weighted by Gasteiger charge is -2.23. The van der Waals surface area contributed by atoms with E-state index in [1.54, 1.807) is 31.2 Å². The minimum absolute atomic E-state index is 0.0503. The van der Waals surface area contributed by atoms with E-state index >= 15 is 0 Å². The maximum atomic E-state index is 12.2. The van der Waals surface area contributed by atoms with Crippen molar-refractivity contribution in [2.24, 2.45) is 0 Å². The summed E-state index contributed by atoms with van der Waals surface area (Å²) in [4.78, 5) is 24.4. The average Bonchev–Trinajstić information content (AvgIpc) is 2.93. The summed E-state index contributed by atoms with van der Waals surface area (Å²) in [7, 11) is 0. The third-order valence-electron chi connectivity index (χ3n) is 2.92. The number of anilines is 1. The highest BCUT2D eigenvalue weighted by Gasteiger charge is 2.24. The summed E-state index contributed by atoms with van der Waals surface area (Å²) >= 11 is 1.40. The molecule has 1 atom stereocenters. The zero-order chi connectivity index (χ0) is 13.4. The van der Waals surface area contributed by atoms with Crippen molar-refractivity contribution in [3.05, 3.63) is 46.2 Å². The van der Waals surface area contributed by atoms with Gasteiger partial charge in [-0.3, -0.25) is 9.59 Å². The molecule has 1 unspecified atom stereocenters. The van der Waals surface area contributed by atoms with Crippen LogP contribution in [0.4, 0.5) is 5.69 Å². The number of benzene rings is 1. The lowest BCUT2D eigenvalue weighted by molar-refractivity contribution is -0.122. The molecule has 1 aromatic carbocycles. The van der Waals surface area contributed by atoms with Crippen LogP contribution in [0.2, 0.25) is 0 Å². The quantitative estimate of drug-likeness (QED) is 0.856. The summed E-state index contributed by atoms with van der Waals surface area (Å²) in [5.74, 6) is 0.341. The van der Waals surface area contributed by atoms with Gasteiger partial charge in [-0.25, -0.2) is 0 Å². The molecule has 1 N–H and O–H groups in total. The Balaban J connectivity index is 1.96. The summed E-state index contributed by atoms with van der Waals surface area (Å²) in [6.45, 7) is 1.68. The number of amides is 1. The van der Waals surface area contributed by atoms with Crippen LogP contribution in [0.15, 0.2) is 35.7 Å². The van der Waals surface area contributed by atoms with E-state index in [4.69, 9.17) is 4.74 Å². The van der Waals surface area contributed by atoms with Crippen LogP contribution in [0.3, 0.4) is 0 Å². The fraction of sp³-hybridized carbons (Fsp3) is 0.143. The van der Waals surface area contributed by atoms with E-state index in [0.29, 0.717) is 21.9 Å². The Kier molecular flexibility index (Phi) is 2.83.